The van der Waals surface area contributed by atoms with E-state index in [0.717, 1.165) is 22.8 Å². The minimum Gasteiger partial charge on any atom is -0.462 e. The fraction of sp³-hybridized carbons (Fsp3) is 0.375. The standard InChI is InChI=1S/C8H7F3O3S/c1-2-13-7(12)6-3-5(4-15-6)14-8(9,10)11/h3-4H,2H2,1H3. The third kappa shape index (κ3) is 3.78. The van der Waals surface area contributed by atoms with Crippen molar-refractivity contribution in [2.24, 2.45) is 0 Å². The zero-order valence-corrected chi connectivity index (χ0v) is 8.45. The van der Waals surface area contributed by atoms with Crippen LogP contribution < -0.4 is 4.74 Å². The van der Waals surface area contributed by atoms with Crippen LogP contribution in [-0.2, 0) is 4.74 Å². The highest BCUT2D eigenvalue weighted by molar-refractivity contribution is 7.12. The molecule has 0 fully saturated rings. The molecule has 1 aromatic heterocycles. The van der Waals surface area contributed by atoms with Crippen molar-refractivity contribution in [3.05, 3.63) is 16.3 Å². The molecule has 15 heavy (non-hydrogen) atoms. The number of ether oxygens (including phenoxy) is 2. The van der Waals surface area contributed by atoms with Crippen molar-refractivity contribution in [1.29, 1.82) is 0 Å². The normalized spacial score (nSPS) is 11.2. The Hall–Kier alpha value is -1.24. The van der Waals surface area contributed by atoms with E-state index in [-0.39, 0.29) is 11.5 Å². The van der Waals surface area contributed by atoms with Crippen LogP contribution in [0.2, 0.25) is 0 Å². The second kappa shape index (κ2) is 4.52. The van der Waals surface area contributed by atoms with Gasteiger partial charge in [0.2, 0.25) is 0 Å². The van der Waals surface area contributed by atoms with Crippen molar-refractivity contribution < 1.29 is 27.4 Å². The van der Waals surface area contributed by atoms with Crippen LogP contribution in [0, 0.1) is 0 Å². The van der Waals surface area contributed by atoms with Crippen molar-refractivity contribution in [1.82, 2.24) is 0 Å². The van der Waals surface area contributed by atoms with Gasteiger partial charge in [0.1, 0.15) is 10.6 Å². The Kier molecular flexibility index (Phi) is 3.57. The first-order chi connectivity index (χ1) is 6.92. The number of alkyl halides is 3. The Morgan fingerprint density at radius 2 is 2.20 bits per heavy atom. The molecule has 0 aliphatic carbocycles. The van der Waals surface area contributed by atoms with Gasteiger partial charge >= 0.3 is 12.3 Å². The molecule has 84 valence electrons. The van der Waals surface area contributed by atoms with Gasteiger partial charge in [-0.1, -0.05) is 0 Å². The lowest BCUT2D eigenvalue weighted by Crippen LogP contribution is -2.16. The lowest BCUT2D eigenvalue weighted by Gasteiger charge is -2.05. The van der Waals surface area contributed by atoms with Gasteiger partial charge in [-0.25, -0.2) is 4.79 Å². The van der Waals surface area contributed by atoms with Gasteiger partial charge < -0.3 is 9.47 Å². The smallest absolute Gasteiger partial charge is 0.462 e. The maximum Gasteiger partial charge on any atom is 0.573 e. The summed E-state index contributed by atoms with van der Waals surface area (Å²) < 4.78 is 43.5. The molecule has 1 heterocycles. The Balaban J connectivity index is 2.68. The molecule has 0 bridgehead atoms. The summed E-state index contributed by atoms with van der Waals surface area (Å²) in [5, 5.41) is 1.10. The predicted molar refractivity (Wildman–Crippen MR) is 47.0 cm³/mol. The van der Waals surface area contributed by atoms with Gasteiger partial charge in [-0.05, 0) is 6.92 Å². The van der Waals surface area contributed by atoms with Crippen LogP contribution in [0.1, 0.15) is 16.6 Å². The monoisotopic (exact) mass is 240 g/mol. The van der Waals surface area contributed by atoms with E-state index >= 15 is 0 Å². The highest BCUT2D eigenvalue weighted by Crippen LogP contribution is 2.27. The Morgan fingerprint density at radius 1 is 1.53 bits per heavy atom. The van der Waals surface area contributed by atoms with E-state index in [9.17, 15) is 18.0 Å². The number of thiophene rings is 1. The molecule has 0 radical (unpaired) electrons. The van der Waals surface area contributed by atoms with Gasteiger partial charge in [0.05, 0.1) is 6.61 Å². The fourth-order valence-corrected chi connectivity index (χ4v) is 1.51. The Bertz CT molecular complexity index is 345. The maximum atomic E-state index is 11.8. The van der Waals surface area contributed by atoms with Crippen LogP contribution in [0.3, 0.4) is 0 Å². The first kappa shape index (κ1) is 11.8. The molecule has 0 atom stereocenters. The van der Waals surface area contributed by atoms with Gasteiger partial charge in [-0.3, -0.25) is 0 Å². The number of hydrogen-bond acceptors (Lipinski definition) is 4. The van der Waals surface area contributed by atoms with Gasteiger partial charge in [-0.2, -0.15) is 0 Å². The molecule has 0 aliphatic heterocycles. The molecule has 1 rings (SSSR count). The van der Waals surface area contributed by atoms with Gasteiger partial charge in [0.25, 0.3) is 0 Å². The number of rotatable bonds is 3. The largest absolute Gasteiger partial charge is 0.573 e. The number of carbonyl (C=O) groups is 1. The van der Waals surface area contributed by atoms with Crippen molar-refractivity contribution in [3.8, 4) is 5.75 Å². The van der Waals surface area contributed by atoms with Gasteiger partial charge in [-0.15, -0.1) is 24.5 Å². The molecule has 0 aliphatic rings. The molecule has 0 unspecified atom stereocenters. The van der Waals surface area contributed by atoms with E-state index < -0.39 is 18.1 Å². The average molecular weight is 240 g/mol. The van der Waals surface area contributed by atoms with E-state index in [4.69, 9.17) is 0 Å². The summed E-state index contributed by atoms with van der Waals surface area (Å²) in [6.07, 6.45) is -4.74. The zero-order chi connectivity index (χ0) is 11.5. The highest BCUT2D eigenvalue weighted by atomic mass is 32.1. The van der Waals surface area contributed by atoms with E-state index in [0.29, 0.717) is 0 Å². The second-order valence-electron chi connectivity index (χ2n) is 2.41. The zero-order valence-electron chi connectivity index (χ0n) is 7.63. The second-order valence-corrected chi connectivity index (χ2v) is 3.33. The van der Waals surface area contributed by atoms with Crippen LogP contribution in [0.15, 0.2) is 11.4 Å². The summed E-state index contributed by atoms with van der Waals surface area (Å²) >= 11 is 0.839. The van der Waals surface area contributed by atoms with Crippen LogP contribution in [0.25, 0.3) is 0 Å². The fourth-order valence-electron chi connectivity index (χ4n) is 0.815. The molecule has 0 amide bonds. The summed E-state index contributed by atoms with van der Waals surface area (Å²) in [6.45, 7) is 1.78. The predicted octanol–water partition coefficient (Wildman–Crippen LogP) is 2.82. The van der Waals surface area contributed by atoms with Crippen LogP contribution in [0.4, 0.5) is 13.2 Å². The molecule has 3 nitrogen and oxygen atoms in total. The first-order valence-corrected chi connectivity index (χ1v) is 4.81. The third-order valence-corrected chi connectivity index (χ3v) is 2.17. The maximum absolute atomic E-state index is 11.8. The van der Waals surface area contributed by atoms with Crippen LogP contribution >= 0.6 is 11.3 Å². The average Bonchev–Trinajstić information content (AvgIpc) is 2.50. The lowest BCUT2D eigenvalue weighted by atomic mass is 10.4. The Labute approximate surface area is 87.4 Å². The molecule has 0 aromatic carbocycles. The summed E-state index contributed by atoms with van der Waals surface area (Å²) in [4.78, 5) is 11.2. The van der Waals surface area contributed by atoms with Crippen molar-refractivity contribution in [2.75, 3.05) is 6.61 Å². The minimum atomic E-state index is -4.74. The molecule has 1 aromatic rings. The topological polar surface area (TPSA) is 35.5 Å². The molecule has 0 spiro atoms. The van der Waals surface area contributed by atoms with Crippen LogP contribution in [-0.4, -0.2) is 18.9 Å². The van der Waals surface area contributed by atoms with Gasteiger partial charge in [0, 0.05) is 11.4 Å². The van der Waals surface area contributed by atoms with Crippen molar-refractivity contribution in [2.45, 2.75) is 13.3 Å². The molecular weight excluding hydrogens is 233 g/mol. The quantitative estimate of drug-likeness (QED) is 0.762. The van der Waals surface area contributed by atoms with E-state index in [1.807, 2.05) is 0 Å². The van der Waals surface area contributed by atoms with E-state index in [1.54, 1.807) is 6.92 Å². The van der Waals surface area contributed by atoms with E-state index in [2.05, 4.69) is 9.47 Å². The summed E-state index contributed by atoms with van der Waals surface area (Å²) in [6, 6.07) is 0.996. The molecule has 7 heteroatoms. The van der Waals surface area contributed by atoms with Crippen molar-refractivity contribution in [3.63, 3.8) is 0 Å². The summed E-state index contributed by atoms with van der Waals surface area (Å²) in [7, 11) is 0. The van der Waals surface area contributed by atoms with E-state index in [1.165, 1.54) is 0 Å². The number of hydrogen-bond donors (Lipinski definition) is 0. The highest BCUT2D eigenvalue weighted by Gasteiger charge is 2.31. The number of esters is 1. The van der Waals surface area contributed by atoms with Crippen molar-refractivity contribution >= 4 is 17.3 Å². The SMILES string of the molecule is CCOC(=O)c1cc(OC(F)(F)F)cs1. The minimum absolute atomic E-state index is 0.0797. The van der Waals surface area contributed by atoms with Gasteiger partial charge in [0.15, 0.2) is 0 Å². The Morgan fingerprint density at radius 3 is 2.73 bits per heavy atom. The summed E-state index contributed by atoms with van der Waals surface area (Å²) in [5.41, 5.74) is 0. The molecule has 0 saturated carbocycles. The molecule has 0 saturated heterocycles. The molecule has 0 N–H and O–H groups in total. The summed E-state index contributed by atoms with van der Waals surface area (Å²) in [5.74, 6) is -1.06. The number of carbonyl (C=O) groups excluding carboxylic acids is 1. The lowest BCUT2D eigenvalue weighted by molar-refractivity contribution is -0.274. The third-order valence-electron chi connectivity index (χ3n) is 1.29. The molecular formula is C8H7F3O3S. The number of halogens is 3. The van der Waals surface area contributed by atoms with Crippen LogP contribution in [0.5, 0.6) is 5.75 Å². The first-order valence-electron chi connectivity index (χ1n) is 3.94.